The third-order valence-electron chi connectivity index (χ3n) is 4.56. The maximum atomic E-state index is 13.1. The Morgan fingerprint density at radius 1 is 1.13 bits per heavy atom. The van der Waals surface area contributed by atoms with Crippen molar-refractivity contribution in [2.24, 2.45) is 0 Å². The summed E-state index contributed by atoms with van der Waals surface area (Å²) in [5, 5.41) is 7.74. The Morgan fingerprint density at radius 3 is 2.43 bits per heavy atom. The Morgan fingerprint density at radius 2 is 1.83 bits per heavy atom. The van der Waals surface area contributed by atoms with Gasteiger partial charge in [-0.1, -0.05) is 31.5 Å². The molecule has 0 bridgehead atoms. The van der Waals surface area contributed by atoms with Gasteiger partial charge in [0.2, 0.25) is 5.91 Å². The van der Waals surface area contributed by atoms with Crippen LogP contribution in [0.3, 0.4) is 0 Å². The molecule has 30 heavy (non-hydrogen) atoms. The third-order valence-corrected chi connectivity index (χ3v) is 4.81. The van der Waals surface area contributed by atoms with Crippen LogP contribution in [0.4, 0.5) is 5.82 Å². The molecule has 0 atom stereocenters. The monoisotopic (exact) mass is 425 g/mol. The van der Waals surface area contributed by atoms with E-state index in [1.165, 1.54) is 4.90 Å². The number of pyridine rings is 1. The van der Waals surface area contributed by atoms with Crippen LogP contribution in [0.2, 0.25) is 5.02 Å². The van der Waals surface area contributed by atoms with Crippen LogP contribution in [0.15, 0.2) is 48.8 Å². The van der Waals surface area contributed by atoms with Gasteiger partial charge in [-0.15, -0.1) is 0 Å². The van der Waals surface area contributed by atoms with E-state index < -0.39 is 0 Å². The average Bonchev–Trinajstić information content (AvgIpc) is 3.15. The highest BCUT2D eigenvalue weighted by Gasteiger charge is 2.24. The van der Waals surface area contributed by atoms with E-state index in [-0.39, 0.29) is 24.3 Å². The smallest absolute Gasteiger partial charge is 0.257 e. The molecule has 2 amide bonds. The molecule has 1 aromatic carbocycles. The number of carbonyl (C=O) groups is 2. The van der Waals surface area contributed by atoms with Crippen LogP contribution in [0.1, 0.15) is 41.4 Å². The zero-order chi connectivity index (χ0) is 21.8. The van der Waals surface area contributed by atoms with Gasteiger partial charge in [-0.25, -0.2) is 9.67 Å². The third kappa shape index (κ3) is 4.86. The van der Waals surface area contributed by atoms with E-state index in [2.05, 4.69) is 15.4 Å². The fraction of sp³-hybridized carbons (Fsp3) is 0.273. The number of carbonyl (C=O) groups excluding carboxylic acids is 2. The van der Waals surface area contributed by atoms with Crippen molar-refractivity contribution >= 4 is 29.2 Å². The van der Waals surface area contributed by atoms with Gasteiger partial charge in [0.1, 0.15) is 5.82 Å². The lowest BCUT2D eigenvalue weighted by molar-refractivity contribution is -0.116. The molecule has 1 N–H and O–H groups in total. The van der Waals surface area contributed by atoms with Crippen molar-refractivity contribution in [1.82, 2.24) is 19.7 Å². The summed E-state index contributed by atoms with van der Waals surface area (Å²) in [4.78, 5) is 30.9. The van der Waals surface area contributed by atoms with Crippen LogP contribution in [0.5, 0.6) is 0 Å². The minimum absolute atomic E-state index is 0.0427. The molecule has 0 aliphatic heterocycles. The van der Waals surface area contributed by atoms with Gasteiger partial charge >= 0.3 is 0 Å². The van der Waals surface area contributed by atoms with Gasteiger partial charge < -0.3 is 10.2 Å². The molecule has 8 heteroatoms. The summed E-state index contributed by atoms with van der Waals surface area (Å²) in [6.45, 7) is 5.81. The van der Waals surface area contributed by atoms with Gasteiger partial charge in [0.25, 0.3) is 5.91 Å². The summed E-state index contributed by atoms with van der Waals surface area (Å²) in [6.07, 6.45) is 3.22. The van der Waals surface area contributed by atoms with Crippen molar-refractivity contribution in [1.29, 1.82) is 0 Å². The Kier molecular flexibility index (Phi) is 6.52. The van der Waals surface area contributed by atoms with Crippen molar-refractivity contribution in [3.63, 3.8) is 0 Å². The van der Waals surface area contributed by atoms with Crippen LogP contribution in [-0.2, 0) is 4.79 Å². The number of hydrogen-bond acceptors (Lipinski definition) is 4. The summed E-state index contributed by atoms with van der Waals surface area (Å²) in [6, 6.07) is 10.8. The summed E-state index contributed by atoms with van der Waals surface area (Å²) in [5.41, 5.74) is 3.05. The number of nitrogens with one attached hydrogen (secondary N) is 1. The van der Waals surface area contributed by atoms with Crippen molar-refractivity contribution in [2.75, 3.05) is 18.9 Å². The molecular formula is C22H24ClN5O2. The first-order valence-electron chi connectivity index (χ1n) is 9.58. The lowest BCUT2D eigenvalue weighted by Gasteiger charge is -2.18. The van der Waals surface area contributed by atoms with Crippen LogP contribution < -0.4 is 5.32 Å². The van der Waals surface area contributed by atoms with Crippen molar-refractivity contribution in [3.05, 3.63) is 70.6 Å². The second-order valence-electron chi connectivity index (χ2n) is 7.42. The average molecular weight is 426 g/mol. The van der Waals surface area contributed by atoms with Crippen LogP contribution in [0, 0.1) is 6.92 Å². The number of benzene rings is 1. The summed E-state index contributed by atoms with van der Waals surface area (Å²) >= 11 is 5.98. The molecule has 3 rings (SSSR count). The maximum Gasteiger partial charge on any atom is 0.257 e. The number of halogens is 1. The molecular weight excluding hydrogens is 402 g/mol. The summed E-state index contributed by atoms with van der Waals surface area (Å²) in [7, 11) is 1.59. The molecule has 0 saturated heterocycles. The van der Waals surface area contributed by atoms with Crippen molar-refractivity contribution < 1.29 is 9.59 Å². The highest BCUT2D eigenvalue weighted by Crippen LogP contribution is 2.25. The van der Waals surface area contributed by atoms with Crippen LogP contribution >= 0.6 is 11.6 Å². The quantitative estimate of drug-likeness (QED) is 0.645. The molecule has 2 heterocycles. The number of nitrogens with zero attached hydrogens (tertiary/aromatic N) is 4. The Labute approximate surface area is 180 Å². The summed E-state index contributed by atoms with van der Waals surface area (Å²) in [5.74, 6) is -0.102. The molecule has 0 radical (unpaired) electrons. The van der Waals surface area contributed by atoms with Gasteiger partial charge in [0.05, 0.1) is 29.7 Å². The lowest BCUT2D eigenvalue weighted by Crippen LogP contribution is -2.35. The van der Waals surface area contributed by atoms with Crippen LogP contribution in [0.25, 0.3) is 5.69 Å². The molecule has 2 aromatic heterocycles. The SMILES string of the molecule is Cc1ccc(NC(=O)CN(C)C(=O)c2cnn(-c3ccc(Cl)cc3)c2C(C)C)nc1. The van der Waals surface area contributed by atoms with Gasteiger partial charge in [0.15, 0.2) is 0 Å². The largest absolute Gasteiger partial charge is 0.332 e. The van der Waals surface area contributed by atoms with E-state index in [4.69, 9.17) is 11.6 Å². The van der Waals surface area contributed by atoms with E-state index in [0.717, 1.165) is 16.9 Å². The second kappa shape index (κ2) is 9.09. The molecule has 156 valence electrons. The Bertz CT molecular complexity index is 1040. The van der Waals surface area contributed by atoms with Gasteiger partial charge in [0, 0.05) is 18.3 Å². The molecule has 0 aliphatic rings. The number of aryl methyl sites for hydroxylation is 1. The van der Waals surface area contributed by atoms with Crippen molar-refractivity contribution in [2.45, 2.75) is 26.7 Å². The highest BCUT2D eigenvalue weighted by atomic mass is 35.5. The highest BCUT2D eigenvalue weighted by molar-refractivity contribution is 6.30. The molecule has 0 aliphatic carbocycles. The number of rotatable bonds is 6. The summed E-state index contributed by atoms with van der Waals surface area (Å²) < 4.78 is 1.73. The van der Waals surface area contributed by atoms with E-state index in [0.29, 0.717) is 16.4 Å². The predicted octanol–water partition coefficient (Wildman–Crippen LogP) is 4.06. The minimum Gasteiger partial charge on any atom is -0.332 e. The molecule has 0 fully saturated rings. The zero-order valence-corrected chi connectivity index (χ0v) is 18.1. The van der Waals surface area contributed by atoms with E-state index >= 15 is 0 Å². The number of amides is 2. The molecule has 0 saturated carbocycles. The van der Waals surface area contributed by atoms with Gasteiger partial charge in [-0.05, 0) is 48.7 Å². The fourth-order valence-corrected chi connectivity index (χ4v) is 3.21. The van der Waals surface area contributed by atoms with E-state index in [1.54, 1.807) is 42.3 Å². The van der Waals surface area contributed by atoms with Gasteiger partial charge in [-0.2, -0.15) is 5.10 Å². The zero-order valence-electron chi connectivity index (χ0n) is 17.4. The van der Waals surface area contributed by atoms with E-state index in [1.807, 2.05) is 39.0 Å². The number of likely N-dealkylation sites (N-methyl/N-ethyl adjacent to an activating group) is 1. The molecule has 7 nitrogen and oxygen atoms in total. The number of anilines is 1. The maximum absolute atomic E-state index is 13.1. The van der Waals surface area contributed by atoms with E-state index in [9.17, 15) is 9.59 Å². The number of hydrogen-bond donors (Lipinski definition) is 1. The predicted molar refractivity (Wildman–Crippen MR) is 117 cm³/mol. The fourth-order valence-electron chi connectivity index (χ4n) is 3.08. The second-order valence-corrected chi connectivity index (χ2v) is 7.85. The first-order valence-corrected chi connectivity index (χ1v) is 9.96. The first kappa shape index (κ1) is 21.5. The normalized spacial score (nSPS) is 10.9. The van der Waals surface area contributed by atoms with Gasteiger partial charge in [-0.3, -0.25) is 9.59 Å². The Balaban J connectivity index is 1.77. The first-order chi connectivity index (χ1) is 14.3. The standard InChI is InChI=1S/C22H24ClN5O2/c1-14(2)21-18(12-25-28(21)17-8-6-16(23)7-9-17)22(30)27(4)13-20(29)26-19-10-5-15(3)11-24-19/h5-12,14H,13H2,1-4H3,(H,24,26,29). The molecule has 0 spiro atoms. The van der Waals surface area contributed by atoms with Crippen molar-refractivity contribution in [3.8, 4) is 5.69 Å². The Hall–Kier alpha value is -3.19. The topological polar surface area (TPSA) is 80.1 Å². The minimum atomic E-state index is -0.321. The molecule has 3 aromatic rings. The molecule has 0 unspecified atom stereocenters. The van der Waals surface area contributed by atoms with Crippen LogP contribution in [-0.4, -0.2) is 45.1 Å². The number of aromatic nitrogens is 3. The lowest BCUT2D eigenvalue weighted by atomic mass is 10.0.